The van der Waals surface area contributed by atoms with Crippen LogP contribution in [0.4, 0.5) is 11.4 Å². The van der Waals surface area contributed by atoms with Gasteiger partial charge in [-0.15, -0.1) is 0 Å². The summed E-state index contributed by atoms with van der Waals surface area (Å²) in [5.41, 5.74) is 2.41. The van der Waals surface area contributed by atoms with Crippen LogP contribution in [0.2, 0.25) is 0 Å². The van der Waals surface area contributed by atoms with E-state index >= 15 is 0 Å². The van der Waals surface area contributed by atoms with Gasteiger partial charge in [0.15, 0.2) is 0 Å². The highest BCUT2D eigenvalue weighted by molar-refractivity contribution is 5.98. The first-order valence-electron chi connectivity index (χ1n) is 13.5. The van der Waals surface area contributed by atoms with E-state index in [0.29, 0.717) is 0 Å². The largest absolute Gasteiger partial charge is 0.345 e. The van der Waals surface area contributed by atoms with Crippen LogP contribution in [0.5, 0.6) is 0 Å². The van der Waals surface area contributed by atoms with Crippen LogP contribution in [0.25, 0.3) is 21.5 Å². The molecule has 0 saturated carbocycles. The minimum absolute atomic E-state index is 1.21. The number of anilines is 2. The lowest BCUT2D eigenvalue weighted by atomic mass is 10.0. The molecule has 0 fully saturated rings. The van der Waals surface area contributed by atoms with Crippen molar-refractivity contribution in [3.8, 4) is 0 Å². The zero-order valence-electron chi connectivity index (χ0n) is 24.0. The Morgan fingerprint density at radius 1 is 0.333 bits per heavy atom. The van der Waals surface area contributed by atoms with Crippen molar-refractivity contribution in [3.63, 3.8) is 0 Å². The van der Waals surface area contributed by atoms with E-state index in [4.69, 9.17) is 0 Å². The number of fused-ring (bicyclic) bond motifs is 2. The third kappa shape index (κ3) is 10.4. The standard InChI is InChI=1S/C14H10.C13H13N.4C2H6/c1-2-6-12-10-14-8-4-3-7-13(14)9-11(12)5-1;1-14(12-8-4-2-5-9-12)13-10-6-3-7-11-13;4*1-2/h1-10H;2-11H,1H3;4*1-2H3. The normalized spacial score (nSPS) is 8.69. The van der Waals surface area contributed by atoms with Gasteiger partial charge in [0.25, 0.3) is 0 Å². The molecule has 0 aliphatic heterocycles. The molecule has 36 heavy (non-hydrogen) atoms. The van der Waals surface area contributed by atoms with E-state index in [1.807, 2.05) is 67.5 Å². The second-order valence-corrected chi connectivity index (χ2v) is 6.78. The number of para-hydroxylation sites is 2. The highest BCUT2D eigenvalue weighted by Crippen LogP contribution is 2.23. The molecule has 0 bridgehead atoms. The van der Waals surface area contributed by atoms with Crippen LogP contribution < -0.4 is 4.90 Å². The molecule has 0 unspecified atom stereocenters. The molecule has 0 saturated heterocycles. The first-order valence-corrected chi connectivity index (χ1v) is 13.5. The van der Waals surface area contributed by atoms with Crippen LogP contribution in [-0.2, 0) is 0 Å². The molecule has 0 amide bonds. The maximum Gasteiger partial charge on any atom is 0.0408 e. The monoisotopic (exact) mass is 481 g/mol. The minimum Gasteiger partial charge on any atom is -0.345 e. The third-order valence-electron chi connectivity index (χ3n) is 4.90. The molecule has 0 aliphatic rings. The summed E-state index contributed by atoms with van der Waals surface area (Å²) in [5, 5.41) is 5.25. The van der Waals surface area contributed by atoms with Gasteiger partial charge in [-0.2, -0.15) is 0 Å². The van der Waals surface area contributed by atoms with Gasteiger partial charge in [0, 0.05) is 18.4 Å². The Morgan fingerprint density at radius 3 is 0.806 bits per heavy atom. The molecule has 0 spiro atoms. The third-order valence-corrected chi connectivity index (χ3v) is 4.90. The second-order valence-electron chi connectivity index (χ2n) is 6.78. The lowest BCUT2D eigenvalue weighted by molar-refractivity contribution is 1.21. The summed E-state index contributed by atoms with van der Waals surface area (Å²) in [6.07, 6.45) is 0. The Hall–Kier alpha value is -3.58. The molecule has 1 nitrogen and oxygen atoms in total. The van der Waals surface area contributed by atoms with Crippen molar-refractivity contribution in [2.45, 2.75) is 55.4 Å². The fraction of sp³-hybridized carbons (Fsp3) is 0.257. The van der Waals surface area contributed by atoms with Gasteiger partial charge in [0.05, 0.1) is 0 Å². The molecule has 5 aromatic carbocycles. The quantitative estimate of drug-likeness (QED) is 0.227. The van der Waals surface area contributed by atoms with Gasteiger partial charge in [0.1, 0.15) is 0 Å². The fourth-order valence-corrected chi connectivity index (χ4v) is 3.33. The summed E-state index contributed by atoms with van der Waals surface area (Å²) in [5.74, 6) is 0. The molecular weight excluding hydrogens is 434 g/mol. The van der Waals surface area contributed by atoms with E-state index < -0.39 is 0 Å². The molecule has 192 valence electrons. The first-order chi connectivity index (χ1) is 17.8. The van der Waals surface area contributed by atoms with Crippen LogP contribution in [0, 0.1) is 0 Å². The smallest absolute Gasteiger partial charge is 0.0408 e. The van der Waals surface area contributed by atoms with E-state index in [0.717, 1.165) is 0 Å². The summed E-state index contributed by atoms with van der Waals surface area (Å²) < 4.78 is 0. The Kier molecular flexibility index (Phi) is 18.7. The van der Waals surface area contributed by atoms with E-state index in [1.165, 1.54) is 32.9 Å². The minimum atomic E-state index is 1.21. The maximum atomic E-state index is 2.24. The summed E-state index contributed by atoms with van der Waals surface area (Å²) in [6.45, 7) is 16.0. The van der Waals surface area contributed by atoms with Crippen LogP contribution >= 0.6 is 0 Å². The predicted octanol–water partition coefficient (Wildman–Crippen LogP) is 11.6. The first kappa shape index (κ1) is 32.4. The predicted molar refractivity (Wildman–Crippen MR) is 168 cm³/mol. The van der Waals surface area contributed by atoms with E-state index in [2.05, 4.69) is 121 Å². The summed E-state index contributed by atoms with van der Waals surface area (Å²) >= 11 is 0. The maximum absolute atomic E-state index is 2.24. The highest BCUT2D eigenvalue weighted by Gasteiger charge is 2.00. The van der Waals surface area contributed by atoms with E-state index in [-0.39, 0.29) is 0 Å². The summed E-state index contributed by atoms with van der Waals surface area (Å²) in [7, 11) is 2.07. The zero-order valence-corrected chi connectivity index (χ0v) is 24.0. The van der Waals surface area contributed by atoms with Crippen molar-refractivity contribution in [1.29, 1.82) is 0 Å². The van der Waals surface area contributed by atoms with Crippen molar-refractivity contribution in [3.05, 3.63) is 121 Å². The summed E-state index contributed by atoms with van der Waals surface area (Å²) in [6, 6.07) is 42.1. The average molecular weight is 482 g/mol. The molecule has 0 aromatic heterocycles. The van der Waals surface area contributed by atoms with Crippen LogP contribution in [0.3, 0.4) is 0 Å². The molecule has 5 rings (SSSR count). The number of rotatable bonds is 2. The molecule has 0 radical (unpaired) electrons. The lowest BCUT2D eigenvalue weighted by Crippen LogP contribution is -2.08. The van der Waals surface area contributed by atoms with Gasteiger partial charge in [-0.25, -0.2) is 0 Å². The van der Waals surface area contributed by atoms with Gasteiger partial charge < -0.3 is 4.90 Å². The van der Waals surface area contributed by atoms with Crippen LogP contribution in [0.15, 0.2) is 121 Å². The topological polar surface area (TPSA) is 3.24 Å². The van der Waals surface area contributed by atoms with Gasteiger partial charge in [-0.1, -0.05) is 140 Å². The molecule has 0 atom stereocenters. The number of nitrogens with zero attached hydrogens (tertiary/aromatic N) is 1. The second kappa shape index (κ2) is 20.8. The molecule has 0 N–H and O–H groups in total. The van der Waals surface area contributed by atoms with Gasteiger partial charge >= 0.3 is 0 Å². The molecule has 0 heterocycles. The van der Waals surface area contributed by atoms with Gasteiger partial charge in [-0.05, 0) is 57.9 Å². The van der Waals surface area contributed by atoms with Gasteiger partial charge in [0.2, 0.25) is 0 Å². The highest BCUT2D eigenvalue weighted by atomic mass is 15.1. The molecular formula is C35H47N. The zero-order chi connectivity index (χ0) is 27.2. The Bertz CT molecular complexity index is 1020. The number of benzene rings is 5. The number of hydrogen-bond donors (Lipinski definition) is 0. The fourth-order valence-electron chi connectivity index (χ4n) is 3.33. The van der Waals surface area contributed by atoms with Gasteiger partial charge in [-0.3, -0.25) is 0 Å². The van der Waals surface area contributed by atoms with Crippen LogP contribution in [-0.4, -0.2) is 7.05 Å². The van der Waals surface area contributed by atoms with Crippen molar-refractivity contribution in [1.82, 2.24) is 0 Å². The molecule has 0 aliphatic carbocycles. The summed E-state index contributed by atoms with van der Waals surface area (Å²) in [4.78, 5) is 2.17. The molecule has 1 heteroatoms. The van der Waals surface area contributed by atoms with Crippen molar-refractivity contribution in [2.24, 2.45) is 0 Å². The molecule has 5 aromatic rings. The average Bonchev–Trinajstić information content (AvgIpc) is 3.01. The van der Waals surface area contributed by atoms with Crippen molar-refractivity contribution in [2.75, 3.05) is 11.9 Å². The van der Waals surface area contributed by atoms with E-state index in [1.54, 1.807) is 0 Å². The SMILES string of the molecule is CC.CC.CC.CC.CN(c1ccccc1)c1ccccc1.c1ccc2cc3ccccc3cc2c1. The van der Waals surface area contributed by atoms with Crippen LogP contribution in [0.1, 0.15) is 55.4 Å². The lowest BCUT2D eigenvalue weighted by Gasteiger charge is -2.18. The van der Waals surface area contributed by atoms with E-state index in [9.17, 15) is 0 Å². The Balaban J connectivity index is 0.000000534. The van der Waals surface area contributed by atoms with Crippen molar-refractivity contribution < 1.29 is 0 Å². The Morgan fingerprint density at radius 2 is 0.556 bits per heavy atom. The Labute approximate surface area is 221 Å². The van der Waals surface area contributed by atoms with Crippen molar-refractivity contribution >= 4 is 32.9 Å². The number of hydrogen-bond acceptors (Lipinski definition) is 1.